The van der Waals surface area contributed by atoms with Gasteiger partial charge in [0, 0.05) is 0 Å². The number of hydrogen-bond acceptors (Lipinski definition) is 0. The van der Waals surface area contributed by atoms with E-state index in [4.69, 9.17) is 11.6 Å². The van der Waals surface area contributed by atoms with Gasteiger partial charge in [0.25, 0.3) is 0 Å². The van der Waals surface area contributed by atoms with E-state index in [9.17, 15) is 17.6 Å². The molecule has 3 rings (SSSR count). The predicted octanol–water partition coefficient (Wildman–Crippen LogP) is 5.12. The number of halogens is 5. The van der Waals surface area contributed by atoms with E-state index in [-0.39, 0.29) is 5.56 Å². The summed E-state index contributed by atoms with van der Waals surface area (Å²) in [5.74, 6) is -4.25. The molecule has 0 fully saturated rings. The average molecular weight is 303 g/mol. The molecule has 0 radical (unpaired) electrons. The van der Waals surface area contributed by atoms with E-state index >= 15 is 0 Å². The molecule has 0 spiro atoms. The number of rotatable bonds is 3. The van der Waals surface area contributed by atoms with E-state index < -0.39 is 17.7 Å². The lowest BCUT2D eigenvalue weighted by molar-refractivity contribution is -0.130. The van der Waals surface area contributed by atoms with Gasteiger partial charge in [0.2, 0.25) is 0 Å². The van der Waals surface area contributed by atoms with Gasteiger partial charge >= 0.3 is 12.3 Å². The Labute approximate surface area is 118 Å². The van der Waals surface area contributed by atoms with E-state index in [0.717, 1.165) is 29.4 Å². The van der Waals surface area contributed by atoms with Crippen molar-refractivity contribution in [3.63, 3.8) is 0 Å². The first-order valence-corrected chi connectivity index (χ1v) is 6.70. The summed E-state index contributed by atoms with van der Waals surface area (Å²) in [4.78, 5) is 0. The van der Waals surface area contributed by atoms with E-state index in [0.29, 0.717) is 5.39 Å². The standard InChI is InChI=1S/C15H11ClF4/c16-13(15(19,20)14(17)18)11-7-6-9-5-4-8-2-1-3-10(11)12(8)9/h1-3,6-7,13-14H,4-5H2. The van der Waals surface area contributed by atoms with Gasteiger partial charge in [-0.1, -0.05) is 30.3 Å². The minimum Gasteiger partial charge on any atom is -0.204 e. The van der Waals surface area contributed by atoms with Crippen molar-refractivity contribution in [1.29, 1.82) is 0 Å². The highest BCUT2D eigenvalue weighted by atomic mass is 35.5. The van der Waals surface area contributed by atoms with Crippen LogP contribution in [0.25, 0.3) is 10.8 Å². The van der Waals surface area contributed by atoms with Crippen molar-refractivity contribution in [2.75, 3.05) is 0 Å². The monoisotopic (exact) mass is 302 g/mol. The molecule has 1 aliphatic carbocycles. The first-order chi connectivity index (χ1) is 9.43. The van der Waals surface area contributed by atoms with Gasteiger partial charge in [-0.25, -0.2) is 8.78 Å². The minimum absolute atomic E-state index is 0.0690. The van der Waals surface area contributed by atoms with Crippen LogP contribution in [0.4, 0.5) is 17.6 Å². The molecule has 1 aliphatic rings. The van der Waals surface area contributed by atoms with E-state index in [1.165, 1.54) is 6.07 Å². The minimum atomic E-state index is -4.25. The second-order valence-corrected chi connectivity index (χ2v) is 5.43. The van der Waals surface area contributed by atoms with Crippen molar-refractivity contribution >= 4 is 22.4 Å². The summed E-state index contributed by atoms with van der Waals surface area (Å²) in [5.41, 5.74) is 2.19. The quantitative estimate of drug-likeness (QED) is 0.545. The molecule has 2 aromatic rings. The summed E-state index contributed by atoms with van der Waals surface area (Å²) in [6, 6.07) is 8.50. The topological polar surface area (TPSA) is 0 Å². The molecule has 0 heterocycles. The molecular formula is C15H11ClF4. The Hall–Kier alpha value is -1.29. The third-order valence-corrected chi connectivity index (χ3v) is 4.34. The third kappa shape index (κ3) is 1.89. The normalized spacial score (nSPS) is 16.1. The van der Waals surface area contributed by atoms with Gasteiger partial charge in [0.1, 0.15) is 5.38 Å². The predicted molar refractivity (Wildman–Crippen MR) is 70.9 cm³/mol. The molecule has 20 heavy (non-hydrogen) atoms. The summed E-state index contributed by atoms with van der Waals surface area (Å²) in [6.45, 7) is 0. The highest BCUT2D eigenvalue weighted by molar-refractivity contribution is 6.22. The maximum atomic E-state index is 13.5. The van der Waals surface area contributed by atoms with Crippen LogP contribution in [0.5, 0.6) is 0 Å². The number of benzene rings is 2. The van der Waals surface area contributed by atoms with Crippen LogP contribution in [0, 0.1) is 0 Å². The molecule has 5 heteroatoms. The average Bonchev–Trinajstić information content (AvgIpc) is 2.84. The summed E-state index contributed by atoms with van der Waals surface area (Å²) >= 11 is 5.67. The second kappa shape index (κ2) is 4.62. The fraction of sp³-hybridized carbons (Fsp3) is 0.333. The molecule has 0 N–H and O–H groups in total. The lowest BCUT2D eigenvalue weighted by Crippen LogP contribution is -2.31. The van der Waals surface area contributed by atoms with Crippen LogP contribution in [0.15, 0.2) is 30.3 Å². The van der Waals surface area contributed by atoms with Gasteiger partial charge in [-0.2, -0.15) is 8.78 Å². The van der Waals surface area contributed by atoms with Gasteiger partial charge in [-0.05, 0) is 40.3 Å². The fourth-order valence-electron chi connectivity index (χ4n) is 2.81. The molecule has 1 atom stereocenters. The van der Waals surface area contributed by atoms with Crippen LogP contribution < -0.4 is 0 Å². The van der Waals surface area contributed by atoms with Gasteiger partial charge < -0.3 is 0 Å². The van der Waals surface area contributed by atoms with Gasteiger partial charge in [-0.15, -0.1) is 11.6 Å². The Morgan fingerprint density at radius 1 is 1.00 bits per heavy atom. The first-order valence-electron chi connectivity index (χ1n) is 6.26. The van der Waals surface area contributed by atoms with Crippen molar-refractivity contribution in [2.45, 2.75) is 30.6 Å². The fourth-order valence-corrected chi connectivity index (χ4v) is 3.09. The maximum absolute atomic E-state index is 13.5. The molecule has 0 saturated carbocycles. The number of aryl methyl sites for hydroxylation is 2. The van der Waals surface area contributed by atoms with Crippen molar-refractivity contribution in [3.8, 4) is 0 Å². The Balaban J connectivity index is 2.19. The van der Waals surface area contributed by atoms with Gasteiger partial charge in [0.15, 0.2) is 0 Å². The van der Waals surface area contributed by atoms with Crippen LogP contribution in [0.3, 0.4) is 0 Å². The second-order valence-electron chi connectivity index (χ2n) is 4.99. The van der Waals surface area contributed by atoms with Crippen LogP contribution in [0.2, 0.25) is 0 Å². The maximum Gasteiger partial charge on any atom is 0.327 e. The SMILES string of the molecule is FC(F)C(F)(F)C(Cl)c1ccc2c3c(cccc13)CC2. The zero-order valence-electron chi connectivity index (χ0n) is 10.3. The zero-order valence-corrected chi connectivity index (χ0v) is 11.1. The molecule has 1 unspecified atom stereocenters. The highest BCUT2D eigenvalue weighted by Gasteiger charge is 2.49. The molecule has 106 valence electrons. The van der Waals surface area contributed by atoms with Crippen LogP contribution in [-0.2, 0) is 12.8 Å². The molecule has 0 bridgehead atoms. The third-order valence-electron chi connectivity index (χ3n) is 3.81. The molecule has 2 aromatic carbocycles. The lowest BCUT2D eigenvalue weighted by atomic mass is 9.96. The summed E-state index contributed by atoms with van der Waals surface area (Å²) < 4.78 is 51.9. The first kappa shape index (κ1) is 13.7. The summed E-state index contributed by atoms with van der Waals surface area (Å²) in [5, 5.41) is -0.592. The van der Waals surface area contributed by atoms with Crippen LogP contribution >= 0.6 is 11.6 Å². The molecule has 0 saturated heterocycles. The van der Waals surface area contributed by atoms with E-state index in [1.54, 1.807) is 18.2 Å². The van der Waals surface area contributed by atoms with Crippen molar-refractivity contribution in [2.24, 2.45) is 0 Å². The molecule has 0 aromatic heterocycles. The summed E-state index contributed by atoms with van der Waals surface area (Å²) in [7, 11) is 0. The van der Waals surface area contributed by atoms with Crippen molar-refractivity contribution in [3.05, 3.63) is 47.0 Å². The van der Waals surface area contributed by atoms with Crippen molar-refractivity contribution < 1.29 is 17.6 Å². The zero-order chi connectivity index (χ0) is 14.5. The van der Waals surface area contributed by atoms with Crippen molar-refractivity contribution in [1.82, 2.24) is 0 Å². The largest absolute Gasteiger partial charge is 0.327 e. The molecule has 0 nitrogen and oxygen atoms in total. The van der Waals surface area contributed by atoms with E-state index in [2.05, 4.69) is 0 Å². The van der Waals surface area contributed by atoms with Crippen LogP contribution in [0.1, 0.15) is 22.1 Å². The molecule has 0 aliphatic heterocycles. The van der Waals surface area contributed by atoms with Gasteiger partial charge in [-0.3, -0.25) is 0 Å². The van der Waals surface area contributed by atoms with E-state index in [1.807, 2.05) is 6.07 Å². The Morgan fingerprint density at radius 2 is 1.65 bits per heavy atom. The van der Waals surface area contributed by atoms with Gasteiger partial charge in [0.05, 0.1) is 0 Å². The number of hydrogen-bond donors (Lipinski definition) is 0. The Bertz CT molecular complexity index is 656. The lowest BCUT2D eigenvalue weighted by Gasteiger charge is -2.22. The Kier molecular flexibility index (Phi) is 3.16. The van der Waals surface area contributed by atoms with Crippen LogP contribution in [-0.4, -0.2) is 12.3 Å². The smallest absolute Gasteiger partial charge is 0.204 e. The molecule has 0 amide bonds. The summed E-state index contributed by atoms with van der Waals surface area (Å²) in [6.07, 6.45) is -2.10. The highest BCUT2D eigenvalue weighted by Crippen LogP contribution is 2.45. The molecular weight excluding hydrogens is 292 g/mol. The number of alkyl halides is 5. The Morgan fingerprint density at radius 3 is 2.30 bits per heavy atom.